The molecule has 0 bridgehead atoms. The molecule has 0 unspecified atom stereocenters. The smallest absolute Gasteiger partial charge is 0.387 e. The van der Waals surface area contributed by atoms with Crippen LogP contribution in [0.15, 0.2) is 30.5 Å². The zero-order valence-electron chi connectivity index (χ0n) is 10.6. The van der Waals surface area contributed by atoms with Crippen molar-refractivity contribution in [3.05, 3.63) is 47.5 Å². The summed E-state index contributed by atoms with van der Waals surface area (Å²) in [5.74, 6) is 0.177. The van der Waals surface area contributed by atoms with Crippen molar-refractivity contribution >= 4 is 5.97 Å². The van der Waals surface area contributed by atoms with E-state index < -0.39 is 12.6 Å². The lowest BCUT2D eigenvalue weighted by molar-refractivity contribution is -0.0498. The number of aromatic amines is 1. The normalized spacial score (nSPS) is 10.6. The van der Waals surface area contributed by atoms with E-state index >= 15 is 0 Å². The van der Waals surface area contributed by atoms with Gasteiger partial charge in [-0.1, -0.05) is 12.1 Å². The molecule has 106 valence electrons. The van der Waals surface area contributed by atoms with Crippen molar-refractivity contribution < 1.29 is 23.0 Å². The van der Waals surface area contributed by atoms with Crippen molar-refractivity contribution in [2.45, 2.75) is 13.0 Å². The fourth-order valence-electron chi connectivity index (χ4n) is 1.65. The maximum absolute atomic E-state index is 12.0. The number of carbonyl (C=O) groups is 1. The van der Waals surface area contributed by atoms with Gasteiger partial charge in [-0.05, 0) is 17.7 Å². The first-order chi connectivity index (χ1) is 9.58. The van der Waals surface area contributed by atoms with E-state index in [1.165, 1.54) is 25.4 Å². The molecule has 20 heavy (non-hydrogen) atoms. The number of hydrogen-bond acceptors (Lipinski definition) is 4. The van der Waals surface area contributed by atoms with E-state index in [4.69, 9.17) is 0 Å². The van der Waals surface area contributed by atoms with Gasteiger partial charge in [0.15, 0.2) is 0 Å². The first-order valence-corrected chi connectivity index (χ1v) is 5.74. The molecule has 0 aliphatic rings. The van der Waals surface area contributed by atoms with Crippen LogP contribution >= 0.6 is 0 Å². The van der Waals surface area contributed by atoms with Gasteiger partial charge in [-0.15, -0.1) is 0 Å². The van der Waals surface area contributed by atoms with Crippen LogP contribution in [0.3, 0.4) is 0 Å². The molecule has 0 atom stereocenters. The molecule has 1 heterocycles. The summed E-state index contributed by atoms with van der Waals surface area (Å²) in [5.41, 5.74) is 1.11. The molecule has 0 spiro atoms. The summed E-state index contributed by atoms with van der Waals surface area (Å²) >= 11 is 0. The van der Waals surface area contributed by atoms with Crippen LogP contribution in [-0.4, -0.2) is 29.7 Å². The van der Waals surface area contributed by atoms with Gasteiger partial charge in [0.25, 0.3) is 0 Å². The highest BCUT2D eigenvalue weighted by Crippen LogP contribution is 2.16. The number of rotatable bonds is 5. The van der Waals surface area contributed by atoms with E-state index in [-0.39, 0.29) is 11.4 Å². The van der Waals surface area contributed by atoms with Gasteiger partial charge in [0.1, 0.15) is 17.3 Å². The fraction of sp³-hybridized carbons (Fsp3) is 0.231. The first kappa shape index (κ1) is 14.0. The van der Waals surface area contributed by atoms with Crippen molar-refractivity contribution in [1.29, 1.82) is 0 Å². The molecule has 1 aromatic carbocycles. The molecule has 5 nitrogen and oxygen atoms in total. The number of aromatic nitrogens is 2. The lowest BCUT2D eigenvalue weighted by Crippen LogP contribution is -2.02. The molecule has 0 saturated heterocycles. The fourth-order valence-corrected chi connectivity index (χ4v) is 1.65. The number of hydrogen-bond donors (Lipinski definition) is 1. The van der Waals surface area contributed by atoms with Gasteiger partial charge in [-0.25, -0.2) is 9.78 Å². The van der Waals surface area contributed by atoms with Gasteiger partial charge in [-0.3, -0.25) is 0 Å². The molecule has 0 aliphatic heterocycles. The topological polar surface area (TPSA) is 64.2 Å². The van der Waals surface area contributed by atoms with Gasteiger partial charge in [-0.2, -0.15) is 8.78 Å². The number of esters is 1. The van der Waals surface area contributed by atoms with Gasteiger partial charge in [0.05, 0.1) is 13.3 Å². The second-order valence-electron chi connectivity index (χ2n) is 3.93. The van der Waals surface area contributed by atoms with Crippen LogP contribution in [0.4, 0.5) is 8.78 Å². The average Bonchev–Trinajstić information content (AvgIpc) is 2.88. The minimum absolute atomic E-state index is 0.0958. The molecule has 2 rings (SSSR count). The van der Waals surface area contributed by atoms with Gasteiger partial charge >= 0.3 is 12.6 Å². The Morgan fingerprint density at radius 3 is 2.65 bits per heavy atom. The maximum Gasteiger partial charge on any atom is 0.387 e. The van der Waals surface area contributed by atoms with Crippen LogP contribution in [0, 0.1) is 0 Å². The predicted octanol–water partition coefficient (Wildman–Crippen LogP) is 2.39. The average molecular weight is 282 g/mol. The number of nitrogens with zero attached hydrogens (tertiary/aromatic N) is 1. The molecule has 2 aromatic rings. The molecule has 0 fully saturated rings. The second-order valence-corrected chi connectivity index (χ2v) is 3.93. The Morgan fingerprint density at radius 2 is 2.05 bits per heavy atom. The summed E-state index contributed by atoms with van der Waals surface area (Å²) in [6.45, 7) is -2.84. The SMILES string of the molecule is COC(=O)c1cnc(Cc2ccc(OC(F)F)cc2)[nH]1. The Balaban J connectivity index is 2.02. The van der Waals surface area contributed by atoms with Crippen LogP contribution < -0.4 is 4.74 Å². The Bertz CT molecular complexity index is 582. The number of carbonyl (C=O) groups excluding carboxylic acids is 1. The highest BCUT2D eigenvalue weighted by atomic mass is 19.3. The molecule has 0 aliphatic carbocycles. The molecular weight excluding hydrogens is 270 g/mol. The van der Waals surface area contributed by atoms with E-state index in [1.807, 2.05) is 0 Å². The zero-order chi connectivity index (χ0) is 14.5. The predicted molar refractivity (Wildman–Crippen MR) is 65.8 cm³/mol. The Hall–Kier alpha value is -2.44. The number of methoxy groups -OCH3 is 1. The van der Waals surface area contributed by atoms with Gasteiger partial charge < -0.3 is 14.5 Å². The van der Waals surface area contributed by atoms with Gasteiger partial charge in [0, 0.05) is 6.42 Å². The summed E-state index contributed by atoms with van der Waals surface area (Å²) in [5, 5.41) is 0. The molecule has 1 N–H and O–H groups in total. The summed E-state index contributed by atoms with van der Waals surface area (Å²) in [7, 11) is 1.28. The third-order valence-electron chi connectivity index (χ3n) is 2.55. The highest BCUT2D eigenvalue weighted by molar-refractivity contribution is 5.86. The van der Waals surface area contributed by atoms with Crippen molar-refractivity contribution in [1.82, 2.24) is 9.97 Å². The Morgan fingerprint density at radius 1 is 1.35 bits per heavy atom. The van der Waals surface area contributed by atoms with Crippen LogP contribution in [0.1, 0.15) is 21.9 Å². The second kappa shape index (κ2) is 6.14. The molecule has 1 aromatic heterocycles. The number of halogens is 2. The van der Waals surface area contributed by atoms with E-state index in [0.29, 0.717) is 12.2 Å². The number of alkyl halides is 2. The monoisotopic (exact) mass is 282 g/mol. The molecule has 0 amide bonds. The van der Waals surface area contributed by atoms with Crippen molar-refractivity contribution in [2.75, 3.05) is 7.11 Å². The number of imidazole rings is 1. The zero-order valence-corrected chi connectivity index (χ0v) is 10.6. The van der Waals surface area contributed by atoms with E-state index in [2.05, 4.69) is 19.4 Å². The quantitative estimate of drug-likeness (QED) is 0.855. The first-order valence-electron chi connectivity index (χ1n) is 5.74. The standard InChI is InChI=1S/C13H12F2N2O3/c1-19-12(18)10-7-16-11(17-10)6-8-2-4-9(5-3-8)20-13(14)15/h2-5,7,13H,6H2,1H3,(H,16,17). The number of ether oxygens (including phenoxy) is 2. The van der Waals surface area contributed by atoms with E-state index in [1.54, 1.807) is 12.1 Å². The lowest BCUT2D eigenvalue weighted by Gasteiger charge is -2.05. The third kappa shape index (κ3) is 3.53. The summed E-state index contributed by atoms with van der Waals surface area (Å²) in [6.07, 6.45) is 1.82. The third-order valence-corrected chi connectivity index (χ3v) is 2.55. The molecular formula is C13H12F2N2O3. The van der Waals surface area contributed by atoms with Crippen LogP contribution in [-0.2, 0) is 11.2 Å². The number of benzene rings is 1. The summed E-state index contributed by atoms with van der Waals surface area (Å²) in [6, 6.07) is 6.20. The van der Waals surface area contributed by atoms with Crippen molar-refractivity contribution in [3.8, 4) is 5.75 Å². The van der Waals surface area contributed by atoms with E-state index in [0.717, 1.165) is 5.56 Å². The van der Waals surface area contributed by atoms with Crippen molar-refractivity contribution in [2.24, 2.45) is 0 Å². The Labute approximate surface area is 113 Å². The molecule has 0 radical (unpaired) electrons. The Kier molecular flexibility index (Phi) is 4.29. The highest BCUT2D eigenvalue weighted by Gasteiger charge is 2.10. The summed E-state index contributed by atoms with van der Waals surface area (Å²) < 4.78 is 32.8. The number of H-pyrrole nitrogens is 1. The minimum Gasteiger partial charge on any atom is -0.464 e. The maximum atomic E-state index is 12.0. The molecule has 7 heteroatoms. The summed E-state index contributed by atoms with van der Waals surface area (Å²) in [4.78, 5) is 18.1. The van der Waals surface area contributed by atoms with E-state index in [9.17, 15) is 13.6 Å². The van der Waals surface area contributed by atoms with Crippen LogP contribution in [0.2, 0.25) is 0 Å². The van der Waals surface area contributed by atoms with Crippen molar-refractivity contribution in [3.63, 3.8) is 0 Å². The van der Waals surface area contributed by atoms with Crippen LogP contribution in [0.5, 0.6) is 5.75 Å². The molecule has 0 saturated carbocycles. The number of nitrogens with one attached hydrogen (secondary N) is 1. The minimum atomic E-state index is -2.84. The van der Waals surface area contributed by atoms with Gasteiger partial charge in [0.2, 0.25) is 0 Å². The largest absolute Gasteiger partial charge is 0.464 e. The lowest BCUT2D eigenvalue weighted by atomic mass is 10.1. The van der Waals surface area contributed by atoms with Crippen LogP contribution in [0.25, 0.3) is 0 Å².